The van der Waals surface area contributed by atoms with Crippen LogP contribution in [0.25, 0.3) is 10.6 Å². The second-order valence-electron chi connectivity index (χ2n) is 5.32. The highest BCUT2D eigenvalue weighted by atomic mass is 32.1. The van der Waals surface area contributed by atoms with E-state index in [1.807, 2.05) is 30.3 Å². The Morgan fingerprint density at radius 2 is 2.05 bits per heavy atom. The number of carbonyl (C=O) groups excluding carboxylic acids is 1. The molecule has 1 unspecified atom stereocenters. The number of benzene rings is 1. The van der Waals surface area contributed by atoms with Gasteiger partial charge < -0.3 is 10.0 Å². The molecule has 5 nitrogen and oxygen atoms in total. The number of aromatic nitrogens is 1. The van der Waals surface area contributed by atoms with Gasteiger partial charge in [-0.15, -0.1) is 11.3 Å². The second kappa shape index (κ2) is 6.27. The van der Waals surface area contributed by atoms with Crippen LogP contribution < -0.4 is 0 Å². The number of rotatable bonds is 3. The Hall–Kier alpha value is -2.21. The van der Waals surface area contributed by atoms with Crippen LogP contribution >= 0.6 is 11.3 Å². The lowest BCUT2D eigenvalue weighted by molar-refractivity contribution is -0.143. The summed E-state index contributed by atoms with van der Waals surface area (Å²) in [4.78, 5) is 30.1. The molecule has 1 saturated heterocycles. The minimum Gasteiger partial charge on any atom is -0.481 e. The number of hydrogen-bond donors (Lipinski definition) is 1. The van der Waals surface area contributed by atoms with Crippen molar-refractivity contribution < 1.29 is 14.7 Å². The first-order valence-electron chi connectivity index (χ1n) is 7.18. The minimum absolute atomic E-state index is 0.120. The van der Waals surface area contributed by atoms with E-state index in [4.69, 9.17) is 5.11 Å². The number of carboxylic acids is 1. The molecule has 1 aromatic heterocycles. The predicted octanol–water partition coefficient (Wildman–Crippen LogP) is 2.75. The van der Waals surface area contributed by atoms with Crippen LogP contribution in [-0.2, 0) is 4.79 Å². The fourth-order valence-corrected chi connectivity index (χ4v) is 3.50. The average molecular weight is 316 g/mol. The first-order chi connectivity index (χ1) is 10.6. The lowest BCUT2D eigenvalue weighted by Gasteiger charge is -2.30. The van der Waals surface area contributed by atoms with Crippen LogP contribution in [0, 0.1) is 5.92 Å². The van der Waals surface area contributed by atoms with Gasteiger partial charge in [-0.3, -0.25) is 9.59 Å². The summed E-state index contributed by atoms with van der Waals surface area (Å²) in [5.41, 5.74) is 0.980. The van der Waals surface area contributed by atoms with Crippen LogP contribution in [0.2, 0.25) is 0 Å². The number of amides is 1. The molecule has 2 heterocycles. The molecule has 1 atom stereocenters. The van der Waals surface area contributed by atoms with Crippen molar-refractivity contribution in [1.82, 2.24) is 9.88 Å². The third kappa shape index (κ3) is 3.01. The van der Waals surface area contributed by atoms with Crippen molar-refractivity contribution in [3.05, 3.63) is 41.4 Å². The molecule has 2 aromatic rings. The van der Waals surface area contributed by atoms with Crippen LogP contribution in [0.15, 0.2) is 36.5 Å². The summed E-state index contributed by atoms with van der Waals surface area (Å²) >= 11 is 1.35. The number of thiazole rings is 1. The van der Waals surface area contributed by atoms with E-state index in [1.165, 1.54) is 11.3 Å². The molecule has 0 saturated carbocycles. The summed E-state index contributed by atoms with van der Waals surface area (Å²) < 4.78 is 0. The first kappa shape index (κ1) is 14.7. The molecule has 0 spiro atoms. The largest absolute Gasteiger partial charge is 0.481 e. The van der Waals surface area contributed by atoms with Crippen molar-refractivity contribution in [2.45, 2.75) is 12.8 Å². The van der Waals surface area contributed by atoms with Gasteiger partial charge >= 0.3 is 5.97 Å². The Morgan fingerprint density at radius 1 is 1.27 bits per heavy atom. The Morgan fingerprint density at radius 3 is 2.77 bits per heavy atom. The van der Waals surface area contributed by atoms with Gasteiger partial charge in [0.05, 0.1) is 12.1 Å². The van der Waals surface area contributed by atoms with E-state index in [1.54, 1.807) is 11.1 Å². The van der Waals surface area contributed by atoms with Crippen LogP contribution in [0.5, 0.6) is 0 Å². The van der Waals surface area contributed by atoms with Gasteiger partial charge in [0.15, 0.2) is 0 Å². The molecule has 1 aliphatic heterocycles. The molecule has 1 aliphatic rings. The van der Waals surface area contributed by atoms with Crippen molar-refractivity contribution >= 4 is 23.2 Å². The maximum atomic E-state index is 12.5. The maximum absolute atomic E-state index is 12.5. The van der Waals surface area contributed by atoms with E-state index >= 15 is 0 Å². The van der Waals surface area contributed by atoms with Gasteiger partial charge in [0.2, 0.25) is 0 Å². The predicted molar refractivity (Wildman–Crippen MR) is 83.8 cm³/mol. The van der Waals surface area contributed by atoms with Gasteiger partial charge in [0, 0.05) is 18.7 Å². The molecule has 0 bridgehead atoms. The average Bonchev–Trinajstić information content (AvgIpc) is 3.05. The van der Waals surface area contributed by atoms with Crippen LogP contribution in [0.3, 0.4) is 0 Å². The lowest BCUT2D eigenvalue weighted by atomic mass is 9.98. The Kier molecular flexibility index (Phi) is 4.20. The van der Waals surface area contributed by atoms with Crippen LogP contribution in [0.4, 0.5) is 0 Å². The van der Waals surface area contributed by atoms with Gasteiger partial charge in [-0.1, -0.05) is 30.3 Å². The first-order valence-corrected chi connectivity index (χ1v) is 8.00. The van der Waals surface area contributed by atoms with E-state index in [9.17, 15) is 9.59 Å². The van der Waals surface area contributed by atoms with Gasteiger partial charge in [0.25, 0.3) is 5.91 Å². The maximum Gasteiger partial charge on any atom is 0.308 e. The zero-order valence-corrected chi connectivity index (χ0v) is 12.8. The summed E-state index contributed by atoms with van der Waals surface area (Å²) in [6.45, 7) is 0.897. The molecule has 1 N–H and O–H groups in total. The molecule has 0 aliphatic carbocycles. The molecule has 1 amide bonds. The van der Waals surface area contributed by atoms with Crippen LogP contribution in [-0.4, -0.2) is 40.0 Å². The highest BCUT2D eigenvalue weighted by Crippen LogP contribution is 2.27. The molecule has 114 valence electrons. The highest BCUT2D eigenvalue weighted by molar-refractivity contribution is 7.16. The fourth-order valence-electron chi connectivity index (χ4n) is 2.61. The summed E-state index contributed by atoms with van der Waals surface area (Å²) in [6, 6.07) is 9.70. The van der Waals surface area contributed by atoms with Crippen molar-refractivity contribution in [2.75, 3.05) is 13.1 Å². The Bertz CT molecular complexity index is 684. The normalized spacial score (nSPS) is 18.2. The van der Waals surface area contributed by atoms with Crippen molar-refractivity contribution in [2.24, 2.45) is 5.92 Å². The second-order valence-corrected chi connectivity index (χ2v) is 6.35. The number of hydrogen-bond acceptors (Lipinski definition) is 4. The Labute approximate surface area is 132 Å². The van der Waals surface area contributed by atoms with Crippen LogP contribution in [0.1, 0.15) is 22.5 Å². The van der Waals surface area contributed by atoms with Crippen molar-refractivity contribution in [3.8, 4) is 10.6 Å². The number of likely N-dealkylation sites (tertiary alicyclic amines) is 1. The van der Waals surface area contributed by atoms with Gasteiger partial charge in [0.1, 0.15) is 9.88 Å². The van der Waals surface area contributed by atoms with Crippen molar-refractivity contribution in [1.29, 1.82) is 0 Å². The zero-order valence-electron chi connectivity index (χ0n) is 11.9. The van der Waals surface area contributed by atoms with Gasteiger partial charge in [-0.25, -0.2) is 4.98 Å². The van der Waals surface area contributed by atoms with E-state index in [2.05, 4.69) is 4.98 Å². The van der Waals surface area contributed by atoms with Gasteiger partial charge in [-0.05, 0) is 12.8 Å². The molecule has 0 radical (unpaired) electrons. The summed E-state index contributed by atoms with van der Waals surface area (Å²) in [5.74, 6) is -1.41. The van der Waals surface area contributed by atoms with E-state index in [-0.39, 0.29) is 12.5 Å². The monoisotopic (exact) mass is 316 g/mol. The smallest absolute Gasteiger partial charge is 0.308 e. The number of piperidine rings is 1. The van der Waals surface area contributed by atoms with E-state index in [0.717, 1.165) is 17.0 Å². The number of carbonyl (C=O) groups is 2. The minimum atomic E-state index is -0.827. The SMILES string of the molecule is O=C(O)C1CCCN(C(=O)c2cnc(-c3ccccc3)s2)C1. The highest BCUT2D eigenvalue weighted by Gasteiger charge is 2.29. The molecule has 1 fully saturated rings. The molecular weight excluding hydrogens is 300 g/mol. The molecule has 6 heteroatoms. The molecule has 3 rings (SSSR count). The van der Waals surface area contributed by atoms with Gasteiger partial charge in [-0.2, -0.15) is 0 Å². The topological polar surface area (TPSA) is 70.5 Å². The standard InChI is InChI=1S/C16H16N2O3S/c19-15(18-8-4-7-12(10-18)16(20)21)13-9-17-14(22-13)11-5-2-1-3-6-11/h1-3,5-6,9,12H,4,7-8,10H2,(H,20,21). The van der Waals surface area contributed by atoms with E-state index in [0.29, 0.717) is 17.8 Å². The van der Waals surface area contributed by atoms with E-state index < -0.39 is 11.9 Å². The lowest BCUT2D eigenvalue weighted by Crippen LogP contribution is -2.42. The zero-order chi connectivity index (χ0) is 15.5. The number of nitrogens with zero attached hydrogens (tertiary/aromatic N) is 2. The Balaban J connectivity index is 1.76. The summed E-state index contributed by atoms with van der Waals surface area (Å²) in [6.07, 6.45) is 2.95. The summed E-state index contributed by atoms with van der Waals surface area (Å²) in [5, 5.41) is 9.92. The third-order valence-corrected chi connectivity index (χ3v) is 4.83. The summed E-state index contributed by atoms with van der Waals surface area (Å²) in [7, 11) is 0. The molecule has 22 heavy (non-hydrogen) atoms. The number of carboxylic acid groups (broad SMARTS) is 1. The molecular formula is C16H16N2O3S. The fraction of sp³-hybridized carbons (Fsp3) is 0.312. The third-order valence-electron chi connectivity index (χ3n) is 3.80. The molecule has 1 aromatic carbocycles. The number of aliphatic carboxylic acids is 1. The quantitative estimate of drug-likeness (QED) is 0.945. The van der Waals surface area contributed by atoms with Crippen molar-refractivity contribution in [3.63, 3.8) is 0 Å².